The number of fused-ring (bicyclic) bond motifs is 1. The lowest BCUT2D eigenvalue weighted by molar-refractivity contribution is -0.121. The third kappa shape index (κ3) is 4.59. The smallest absolute Gasteiger partial charge is 0.341 e. The van der Waals surface area contributed by atoms with Crippen molar-refractivity contribution in [2.24, 2.45) is 5.73 Å². The highest BCUT2D eigenvalue weighted by atomic mass is 32.2. The molecule has 0 aliphatic rings. The van der Waals surface area contributed by atoms with Crippen LogP contribution in [0.4, 0.5) is 5.69 Å². The molecule has 0 spiro atoms. The van der Waals surface area contributed by atoms with E-state index in [4.69, 9.17) is 10.5 Å². The Balaban J connectivity index is 2.27. The average Bonchev–Trinajstić information content (AvgIpc) is 2.78. The number of methoxy groups -OCH3 is 1. The zero-order valence-electron chi connectivity index (χ0n) is 18.0. The van der Waals surface area contributed by atoms with Gasteiger partial charge in [0.25, 0.3) is 10.0 Å². The molecule has 2 aromatic carbocycles. The molecule has 0 saturated carbocycles. The van der Waals surface area contributed by atoms with Gasteiger partial charge in [-0.1, -0.05) is 18.2 Å². The van der Waals surface area contributed by atoms with Gasteiger partial charge in [-0.15, -0.1) is 0 Å². The van der Waals surface area contributed by atoms with Gasteiger partial charge in [0.05, 0.1) is 22.5 Å². The number of pyridine rings is 1. The molecule has 0 aliphatic carbocycles. The third-order valence-electron chi connectivity index (χ3n) is 5.11. The number of para-hydroxylation sites is 1. The zero-order valence-corrected chi connectivity index (χ0v) is 18.8. The number of anilines is 1. The molecule has 1 aromatic heterocycles. The lowest BCUT2D eigenvalue weighted by atomic mass is 10.1. The molecule has 1 unspecified atom stereocenters. The number of benzene rings is 2. The van der Waals surface area contributed by atoms with Crippen molar-refractivity contribution < 1.29 is 27.9 Å². The van der Waals surface area contributed by atoms with Crippen molar-refractivity contribution in [3.05, 3.63) is 70.5 Å². The van der Waals surface area contributed by atoms with E-state index in [1.165, 1.54) is 28.1 Å². The van der Waals surface area contributed by atoms with Crippen molar-refractivity contribution in [1.82, 2.24) is 4.57 Å². The van der Waals surface area contributed by atoms with Crippen LogP contribution >= 0.6 is 0 Å². The Kier molecular flexibility index (Phi) is 6.84. The Morgan fingerprint density at radius 2 is 1.85 bits per heavy atom. The van der Waals surface area contributed by atoms with Crippen molar-refractivity contribution in [1.29, 1.82) is 0 Å². The Labute approximate surface area is 189 Å². The van der Waals surface area contributed by atoms with Crippen LogP contribution in [0.25, 0.3) is 10.9 Å². The van der Waals surface area contributed by atoms with E-state index < -0.39 is 39.1 Å². The number of carboxylic acid groups (broad SMARTS) is 1. The number of nitrogens with two attached hydrogens (primary N) is 1. The molecule has 1 amide bonds. The molecule has 10 nitrogen and oxygen atoms in total. The summed E-state index contributed by atoms with van der Waals surface area (Å²) in [5.74, 6) is -2.21. The molecule has 1 heterocycles. The summed E-state index contributed by atoms with van der Waals surface area (Å²) >= 11 is 0. The van der Waals surface area contributed by atoms with Gasteiger partial charge in [-0.3, -0.25) is 13.9 Å². The van der Waals surface area contributed by atoms with E-state index in [-0.39, 0.29) is 28.8 Å². The second-order valence-corrected chi connectivity index (χ2v) is 8.99. The van der Waals surface area contributed by atoms with E-state index in [1.807, 2.05) is 0 Å². The standard InChI is InChI=1S/C22H23N3O7S/c1-3-25(14-7-5-4-6-8-14)33(30,31)15-9-10-18-16(11-15)21(27)17(22(28)29)13-24(18)20(32-2)12-19(23)26/h4-11,13,20H,3,12H2,1-2H3,(H2,23,26)(H,28,29). The van der Waals surface area contributed by atoms with E-state index in [9.17, 15) is 27.9 Å². The van der Waals surface area contributed by atoms with E-state index in [1.54, 1.807) is 37.3 Å². The predicted octanol–water partition coefficient (Wildman–Crippen LogP) is 1.94. The molecule has 3 rings (SSSR count). The van der Waals surface area contributed by atoms with E-state index in [0.717, 1.165) is 12.3 Å². The summed E-state index contributed by atoms with van der Waals surface area (Å²) in [7, 11) is -2.77. The summed E-state index contributed by atoms with van der Waals surface area (Å²) in [4.78, 5) is 35.9. The molecule has 174 valence electrons. The number of rotatable bonds is 9. The number of hydrogen-bond acceptors (Lipinski definition) is 6. The first-order chi connectivity index (χ1) is 15.6. The van der Waals surface area contributed by atoms with Crippen LogP contribution in [0.2, 0.25) is 0 Å². The molecule has 0 aliphatic heterocycles. The van der Waals surface area contributed by atoms with Gasteiger partial charge in [0.1, 0.15) is 11.8 Å². The van der Waals surface area contributed by atoms with Crippen molar-refractivity contribution in [2.75, 3.05) is 18.0 Å². The van der Waals surface area contributed by atoms with E-state index in [2.05, 4.69) is 0 Å². The highest BCUT2D eigenvalue weighted by Gasteiger charge is 2.26. The number of carbonyl (C=O) groups excluding carboxylic acids is 1. The quantitative estimate of drug-likeness (QED) is 0.482. The summed E-state index contributed by atoms with van der Waals surface area (Å²) in [6, 6.07) is 12.3. The maximum Gasteiger partial charge on any atom is 0.341 e. The van der Waals surface area contributed by atoms with Crippen LogP contribution < -0.4 is 15.5 Å². The number of carbonyl (C=O) groups is 2. The van der Waals surface area contributed by atoms with Crippen molar-refractivity contribution in [2.45, 2.75) is 24.5 Å². The number of hydrogen-bond donors (Lipinski definition) is 2. The van der Waals surface area contributed by atoms with Crippen LogP contribution in [0.5, 0.6) is 0 Å². The first kappa shape index (κ1) is 24.0. The molecule has 0 radical (unpaired) electrons. The minimum absolute atomic E-state index is 0.133. The number of ether oxygens (including phenoxy) is 1. The lowest BCUT2D eigenvalue weighted by Crippen LogP contribution is -2.31. The Bertz CT molecular complexity index is 1370. The van der Waals surface area contributed by atoms with Crippen LogP contribution in [0.15, 0.2) is 64.4 Å². The van der Waals surface area contributed by atoms with Crippen LogP contribution in [0.1, 0.15) is 29.9 Å². The van der Waals surface area contributed by atoms with Gasteiger partial charge in [-0.2, -0.15) is 0 Å². The molecule has 3 N–H and O–H groups in total. The fourth-order valence-corrected chi connectivity index (χ4v) is 5.07. The Hall–Kier alpha value is -3.70. The summed E-state index contributed by atoms with van der Waals surface area (Å²) in [5.41, 5.74) is 4.45. The Morgan fingerprint density at radius 3 is 2.39 bits per heavy atom. The molecule has 0 bridgehead atoms. The highest BCUT2D eigenvalue weighted by molar-refractivity contribution is 7.92. The molecular formula is C22H23N3O7S. The normalized spacial score (nSPS) is 12.4. The second-order valence-electron chi connectivity index (χ2n) is 7.13. The maximum absolute atomic E-state index is 13.4. The average molecular weight is 474 g/mol. The number of nitrogens with zero attached hydrogens (tertiary/aromatic N) is 2. The maximum atomic E-state index is 13.4. The number of aromatic carboxylic acids is 1. The number of sulfonamides is 1. The van der Waals surface area contributed by atoms with Crippen molar-refractivity contribution >= 4 is 38.5 Å². The summed E-state index contributed by atoms with van der Waals surface area (Å²) in [6.45, 7) is 1.81. The number of amides is 1. The summed E-state index contributed by atoms with van der Waals surface area (Å²) < 4.78 is 34.5. The molecule has 11 heteroatoms. The van der Waals surface area contributed by atoms with Gasteiger partial charge in [-0.05, 0) is 37.3 Å². The molecule has 3 aromatic rings. The molecule has 0 fully saturated rings. The fraction of sp³-hybridized carbons (Fsp3) is 0.227. The molecule has 0 saturated heterocycles. The van der Waals surface area contributed by atoms with Crippen molar-refractivity contribution in [3.63, 3.8) is 0 Å². The van der Waals surface area contributed by atoms with Gasteiger partial charge in [0.2, 0.25) is 11.3 Å². The largest absolute Gasteiger partial charge is 0.477 e. The summed E-state index contributed by atoms with van der Waals surface area (Å²) in [5, 5.41) is 9.37. The van der Waals surface area contributed by atoms with Gasteiger partial charge < -0.3 is 20.1 Å². The lowest BCUT2D eigenvalue weighted by Gasteiger charge is -2.24. The minimum atomic E-state index is -4.07. The van der Waals surface area contributed by atoms with Crippen LogP contribution in [0, 0.1) is 0 Å². The van der Waals surface area contributed by atoms with E-state index >= 15 is 0 Å². The SMILES string of the molecule is CCN(c1ccccc1)S(=O)(=O)c1ccc2c(c1)c(=O)c(C(=O)O)cn2C(CC(N)=O)OC. The fourth-order valence-electron chi connectivity index (χ4n) is 3.57. The van der Waals surface area contributed by atoms with Crippen LogP contribution in [0.3, 0.4) is 0 Å². The number of carboxylic acids is 1. The van der Waals surface area contributed by atoms with Gasteiger partial charge in [0, 0.05) is 25.2 Å². The van der Waals surface area contributed by atoms with Crippen LogP contribution in [-0.2, 0) is 19.6 Å². The van der Waals surface area contributed by atoms with Crippen LogP contribution in [-0.4, -0.2) is 43.6 Å². The molecule has 33 heavy (non-hydrogen) atoms. The first-order valence-electron chi connectivity index (χ1n) is 9.92. The second kappa shape index (κ2) is 9.43. The highest BCUT2D eigenvalue weighted by Crippen LogP contribution is 2.27. The molecule has 1 atom stereocenters. The number of primary amides is 1. The monoisotopic (exact) mass is 473 g/mol. The topological polar surface area (TPSA) is 149 Å². The molecular weight excluding hydrogens is 450 g/mol. The van der Waals surface area contributed by atoms with Gasteiger partial charge in [0.15, 0.2) is 0 Å². The van der Waals surface area contributed by atoms with Crippen molar-refractivity contribution in [3.8, 4) is 0 Å². The van der Waals surface area contributed by atoms with Gasteiger partial charge >= 0.3 is 5.97 Å². The minimum Gasteiger partial charge on any atom is -0.477 e. The third-order valence-corrected chi connectivity index (χ3v) is 7.01. The predicted molar refractivity (Wildman–Crippen MR) is 122 cm³/mol. The zero-order chi connectivity index (χ0) is 24.3. The van der Waals surface area contributed by atoms with E-state index in [0.29, 0.717) is 5.69 Å². The van der Waals surface area contributed by atoms with Gasteiger partial charge in [-0.25, -0.2) is 13.2 Å². The Morgan fingerprint density at radius 1 is 1.18 bits per heavy atom. The summed E-state index contributed by atoms with van der Waals surface area (Å²) in [6.07, 6.45) is -0.228. The number of aromatic nitrogens is 1. The first-order valence-corrected chi connectivity index (χ1v) is 11.4.